The summed E-state index contributed by atoms with van der Waals surface area (Å²) in [5, 5.41) is 2.95. The largest absolute Gasteiger partial charge is 0.330 e. The summed E-state index contributed by atoms with van der Waals surface area (Å²) >= 11 is 0. The van der Waals surface area contributed by atoms with Crippen LogP contribution in [0.1, 0.15) is 33.8 Å². The van der Waals surface area contributed by atoms with Crippen LogP contribution in [0, 0.1) is 0 Å². The van der Waals surface area contributed by atoms with Crippen LogP contribution in [0.2, 0.25) is 0 Å². The number of fused-ring (bicyclic) bond motifs is 1. The molecule has 3 aromatic carbocycles. The second kappa shape index (κ2) is 8.93. The SMILES string of the molecule is NCC1CCc2ccc(NC(=O)CN(C(=O)c3ccccc3)c3ccccc3)cc21. The lowest BCUT2D eigenvalue weighted by atomic mass is 10.0. The van der Waals surface area contributed by atoms with Gasteiger partial charge in [-0.25, -0.2) is 0 Å². The first-order valence-electron chi connectivity index (χ1n) is 10.2. The van der Waals surface area contributed by atoms with E-state index in [9.17, 15) is 9.59 Å². The van der Waals surface area contributed by atoms with Crippen molar-refractivity contribution in [3.8, 4) is 0 Å². The number of rotatable bonds is 6. The molecule has 30 heavy (non-hydrogen) atoms. The number of anilines is 2. The van der Waals surface area contributed by atoms with Crippen molar-refractivity contribution < 1.29 is 9.59 Å². The summed E-state index contributed by atoms with van der Waals surface area (Å²) in [7, 11) is 0. The average Bonchev–Trinajstić information content (AvgIpc) is 3.20. The van der Waals surface area contributed by atoms with Gasteiger partial charge in [-0.2, -0.15) is 0 Å². The first kappa shape index (κ1) is 19.9. The van der Waals surface area contributed by atoms with Gasteiger partial charge in [0, 0.05) is 16.9 Å². The molecule has 0 fully saturated rings. The first-order chi connectivity index (χ1) is 14.7. The van der Waals surface area contributed by atoms with Gasteiger partial charge in [0.15, 0.2) is 0 Å². The third kappa shape index (κ3) is 4.26. The fourth-order valence-electron chi connectivity index (χ4n) is 3.98. The lowest BCUT2D eigenvalue weighted by Gasteiger charge is -2.22. The van der Waals surface area contributed by atoms with Crippen molar-refractivity contribution in [2.45, 2.75) is 18.8 Å². The smallest absolute Gasteiger partial charge is 0.258 e. The summed E-state index contributed by atoms with van der Waals surface area (Å²) in [6.07, 6.45) is 2.08. The number of amides is 2. The quantitative estimate of drug-likeness (QED) is 0.659. The number of carbonyl (C=O) groups excluding carboxylic acids is 2. The van der Waals surface area contributed by atoms with Gasteiger partial charge in [0.25, 0.3) is 5.91 Å². The summed E-state index contributed by atoms with van der Waals surface area (Å²) < 4.78 is 0. The Morgan fingerprint density at radius 1 is 0.967 bits per heavy atom. The molecule has 1 atom stereocenters. The van der Waals surface area contributed by atoms with Gasteiger partial charge in [0.2, 0.25) is 5.91 Å². The minimum atomic E-state index is -0.245. The Labute approximate surface area is 176 Å². The normalized spacial score (nSPS) is 14.8. The van der Waals surface area contributed by atoms with Crippen LogP contribution in [0.3, 0.4) is 0 Å². The summed E-state index contributed by atoms with van der Waals surface area (Å²) in [5.74, 6) is -0.114. The Balaban J connectivity index is 1.53. The molecule has 0 aromatic heterocycles. The minimum Gasteiger partial charge on any atom is -0.330 e. The van der Waals surface area contributed by atoms with E-state index in [1.807, 2.05) is 60.7 Å². The van der Waals surface area contributed by atoms with Crippen molar-refractivity contribution in [1.82, 2.24) is 0 Å². The Morgan fingerprint density at radius 3 is 2.37 bits per heavy atom. The van der Waals surface area contributed by atoms with E-state index in [4.69, 9.17) is 5.73 Å². The van der Waals surface area contributed by atoms with Gasteiger partial charge in [-0.3, -0.25) is 14.5 Å². The lowest BCUT2D eigenvalue weighted by molar-refractivity contribution is -0.114. The molecule has 5 nitrogen and oxygen atoms in total. The van der Waals surface area contributed by atoms with Crippen molar-refractivity contribution in [3.63, 3.8) is 0 Å². The number of hydrogen-bond donors (Lipinski definition) is 2. The summed E-state index contributed by atoms with van der Waals surface area (Å²) in [6, 6.07) is 24.2. The van der Waals surface area contributed by atoms with Gasteiger partial charge in [-0.05, 0) is 72.8 Å². The number of nitrogens with one attached hydrogen (secondary N) is 1. The van der Waals surface area contributed by atoms with E-state index in [0.29, 0.717) is 23.7 Å². The van der Waals surface area contributed by atoms with E-state index in [-0.39, 0.29) is 18.4 Å². The number of aryl methyl sites for hydroxylation is 1. The van der Waals surface area contributed by atoms with Crippen LogP contribution in [0.5, 0.6) is 0 Å². The minimum absolute atomic E-state index is 0.0743. The van der Waals surface area contributed by atoms with Crippen molar-refractivity contribution in [3.05, 3.63) is 95.6 Å². The van der Waals surface area contributed by atoms with Gasteiger partial charge in [-0.15, -0.1) is 0 Å². The van der Waals surface area contributed by atoms with Crippen LogP contribution in [0.15, 0.2) is 78.9 Å². The molecule has 1 unspecified atom stereocenters. The van der Waals surface area contributed by atoms with E-state index in [1.54, 1.807) is 12.1 Å². The molecule has 5 heteroatoms. The maximum atomic E-state index is 13.1. The summed E-state index contributed by atoms with van der Waals surface area (Å²) in [4.78, 5) is 27.5. The molecule has 1 aliphatic rings. The molecule has 0 heterocycles. The second-order valence-electron chi connectivity index (χ2n) is 7.53. The number of para-hydroxylation sites is 1. The van der Waals surface area contributed by atoms with Crippen LogP contribution in [0.4, 0.5) is 11.4 Å². The third-order valence-electron chi connectivity index (χ3n) is 5.55. The van der Waals surface area contributed by atoms with Crippen molar-refractivity contribution in [2.24, 2.45) is 5.73 Å². The first-order valence-corrected chi connectivity index (χ1v) is 10.2. The van der Waals surface area contributed by atoms with Gasteiger partial charge in [-0.1, -0.05) is 42.5 Å². The number of carbonyl (C=O) groups is 2. The molecular formula is C25H25N3O2. The highest BCUT2D eigenvalue weighted by atomic mass is 16.2. The highest BCUT2D eigenvalue weighted by molar-refractivity contribution is 6.10. The maximum Gasteiger partial charge on any atom is 0.258 e. The van der Waals surface area contributed by atoms with E-state index in [2.05, 4.69) is 11.4 Å². The zero-order chi connectivity index (χ0) is 20.9. The second-order valence-corrected chi connectivity index (χ2v) is 7.53. The molecule has 152 valence electrons. The Bertz CT molecular complexity index is 1030. The molecular weight excluding hydrogens is 374 g/mol. The van der Waals surface area contributed by atoms with E-state index in [0.717, 1.165) is 18.5 Å². The van der Waals surface area contributed by atoms with Gasteiger partial charge < -0.3 is 11.1 Å². The molecule has 0 bridgehead atoms. The standard InChI is InChI=1S/C25H25N3O2/c26-16-20-12-11-18-13-14-21(15-23(18)20)27-24(29)17-28(22-9-5-2-6-10-22)25(30)19-7-3-1-4-8-19/h1-10,13-15,20H,11-12,16-17,26H2,(H,27,29). The predicted molar refractivity (Wildman–Crippen MR) is 120 cm³/mol. The van der Waals surface area contributed by atoms with Crippen molar-refractivity contribution >= 4 is 23.2 Å². The summed E-state index contributed by atoms with van der Waals surface area (Å²) in [5.41, 5.74) is 10.4. The van der Waals surface area contributed by atoms with Crippen LogP contribution < -0.4 is 16.0 Å². The third-order valence-corrected chi connectivity index (χ3v) is 5.55. The van der Waals surface area contributed by atoms with Crippen LogP contribution >= 0.6 is 0 Å². The number of benzene rings is 3. The predicted octanol–water partition coefficient (Wildman–Crippen LogP) is 3.96. The fourth-order valence-corrected chi connectivity index (χ4v) is 3.98. The van der Waals surface area contributed by atoms with Crippen LogP contribution in [0.25, 0.3) is 0 Å². The van der Waals surface area contributed by atoms with Crippen LogP contribution in [-0.4, -0.2) is 24.9 Å². The molecule has 3 aromatic rings. The topological polar surface area (TPSA) is 75.4 Å². The average molecular weight is 399 g/mol. The molecule has 2 amide bonds. The van der Waals surface area contributed by atoms with Crippen LogP contribution in [-0.2, 0) is 11.2 Å². The van der Waals surface area contributed by atoms with Gasteiger partial charge in [0.1, 0.15) is 6.54 Å². The monoisotopic (exact) mass is 399 g/mol. The van der Waals surface area contributed by atoms with Gasteiger partial charge in [0.05, 0.1) is 0 Å². The zero-order valence-corrected chi connectivity index (χ0v) is 16.8. The Kier molecular flexibility index (Phi) is 5.91. The molecule has 0 saturated carbocycles. The van der Waals surface area contributed by atoms with E-state index in [1.165, 1.54) is 16.0 Å². The molecule has 3 N–H and O–H groups in total. The van der Waals surface area contributed by atoms with Crippen molar-refractivity contribution in [1.29, 1.82) is 0 Å². The highest BCUT2D eigenvalue weighted by Crippen LogP contribution is 2.34. The summed E-state index contributed by atoms with van der Waals surface area (Å²) in [6.45, 7) is 0.535. The number of nitrogens with zero attached hydrogens (tertiary/aromatic N) is 1. The molecule has 0 aliphatic heterocycles. The van der Waals surface area contributed by atoms with Gasteiger partial charge >= 0.3 is 0 Å². The lowest BCUT2D eigenvalue weighted by Crippen LogP contribution is -2.38. The Morgan fingerprint density at radius 2 is 1.67 bits per heavy atom. The molecule has 4 rings (SSSR count). The molecule has 0 spiro atoms. The maximum absolute atomic E-state index is 13.1. The molecule has 0 saturated heterocycles. The van der Waals surface area contributed by atoms with Crippen molar-refractivity contribution in [2.75, 3.05) is 23.3 Å². The van der Waals surface area contributed by atoms with E-state index < -0.39 is 0 Å². The Hall–Kier alpha value is -3.44. The molecule has 0 radical (unpaired) electrons. The molecule has 1 aliphatic carbocycles. The number of nitrogens with two attached hydrogens (primary N) is 1. The van der Waals surface area contributed by atoms with E-state index >= 15 is 0 Å². The number of hydrogen-bond acceptors (Lipinski definition) is 3. The highest BCUT2D eigenvalue weighted by Gasteiger charge is 2.23. The fraction of sp³-hybridized carbons (Fsp3) is 0.200. The zero-order valence-electron chi connectivity index (χ0n) is 16.8.